The smallest absolute Gasteiger partial charge is 0.0476 e. The normalized spacial score (nSPS) is 14.7. The van der Waals surface area contributed by atoms with Gasteiger partial charge in [-0.05, 0) is 44.2 Å². The predicted octanol–water partition coefficient (Wildman–Crippen LogP) is 4.29. The fraction of sp³-hybridized carbons (Fsp3) is 0.500. The van der Waals surface area contributed by atoms with E-state index in [2.05, 4.69) is 50.4 Å². The highest BCUT2D eigenvalue weighted by atomic mass is 32.1. The monoisotopic (exact) mass is 277 g/mol. The van der Waals surface area contributed by atoms with Crippen molar-refractivity contribution in [3.8, 4) is 0 Å². The molecule has 0 saturated heterocycles. The fourth-order valence-electron chi connectivity index (χ4n) is 2.49. The van der Waals surface area contributed by atoms with Crippen LogP contribution in [0.4, 0.5) is 0 Å². The highest BCUT2D eigenvalue weighted by Gasteiger charge is 2.15. The van der Waals surface area contributed by atoms with Crippen LogP contribution in [0.1, 0.15) is 36.8 Å². The zero-order valence-electron chi connectivity index (χ0n) is 12.2. The summed E-state index contributed by atoms with van der Waals surface area (Å²) in [4.78, 5) is 1.45. The van der Waals surface area contributed by atoms with E-state index in [0.29, 0.717) is 12.1 Å². The van der Waals surface area contributed by atoms with Crippen LogP contribution in [0.3, 0.4) is 0 Å². The van der Waals surface area contributed by atoms with E-state index < -0.39 is 0 Å². The van der Waals surface area contributed by atoms with Crippen LogP contribution in [0.25, 0.3) is 10.1 Å². The van der Waals surface area contributed by atoms with Crippen LogP contribution in [0.15, 0.2) is 24.3 Å². The second-order valence-corrected chi connectivity index (χ2v) is 6.24. The maximum Gasteiger partial charge on any atom is 0.0476 e. The highest BCUT2D eigenvalue weighted by molar-refractivity contribution is 7.19. The Morgan fingerprint density at radius 1 is 1.26 bits per heavy atom. The van der Waals surface area contributed by atoms with Crippen molar-refractivity contribution in [1.82, 2.24) is 5.32 Å². The first kappa shape index (κ1) is 14.5. The average Bonchev–Trinajstić information content (AvgIpc) is 2.74. The summed E-state index contributed by atoms with van der Waals surface area (Å²) in [7, 11) is 1.76. The van der Waals surface area contributed by atoms with E-state index >= 15 is 0 Å². The summed E-state index contributed by atoms with van der Waals surface area (Å²) in [6.07, 6.45) is 1.05. The molecule has 0 aliphatic rings. The molecule has 104 valence electrons. The standard InChI is InChI=1S/C16H23NOS/c1-11(9-10-18-4)17-13(3)16-12(2)14-7-5-6-8-15(14)19-16/h5-8,11,13,17H,9-10H2,1-4H3. The number of hydrogen-bond donors (Lipinski definition) is 1. The quantitative estimate of drug-likeness (QED) is 0.850. The lowest BCUT2D eigenvalue weighted by molar-refractivity contribution is 0.183. The fourth-order valence-corrected chi connectivity index (χ4v) is 3.71. The second-order valence-electron chi connectivity index (χ2n) is 5.16. The molecule has 0 spiro atoms. The Hall–Kier alpha value is -0.900. The molecule has 2 aromatic rings. The van der Waals surface area contributed by atoms with Crippen molar-refractivity contribution < 1.29 is 4.74 Å². The number of fused-ring (bicyclic) bond motifs is 1. The van der Waals surface area contributed by atoms with Gasteiger partial charge in [0.2, 0.25) is 0 Å². The van der Waals surface area contributed by atoms with Crippen molar-refractivity contribution in [2.45, 2.75) is 39.3 Å². The van der Waals surface area contributed by atoms with Crippen LogP contribution < -0.4 is 5.32 Å². The van der Waals surface area contributed by atoms with Crippen molar-refractivity contribution in [1.29, 1.82) is 0 Å². The van der Waals surface area contributed by atoms with Gasteiger partial charge in [0.05, 0.1) is 0 Å². The first-order valence-corrected chi connectivity index (χ1v) is 7.68. The van der Waals surface area contributed by atoms with Crippen LogP contribution >= 0.6 is 11.3 Å². The van der Waals surface area contributed by atoms with Gasteiger partial charge >= 0.3 is 0 Å². The Morgan fingerprint density at radius 2 is 2.00 bits per heavy atom. The molecule has 0 bridgehead atoms. The number of aryl methyl sites for hydroxylation is 1. The first-order chi connectivity index (χ1) is 9.13. The summed E-state index contributed by atoms with van der Waals surface area (Å²) >= 11 is 1.90. The lowest BCUT2D eigenvalue weighted by atomic mass is 10.1. The van der Waals surface area contributed by atoms with Crippen LogP contribution in [0.5, 0.6) is 0 Å². The summed E-state index contributed by atoms with van der Waals surface area (Å²) in [5.74, 6) is 0. The minimum absolute atomic E-state index is 0.393. The Bertz CT molecular complexity index is 535. The molecule has 2 nitrogen and oxygen atoms in total. The molecule has 0 aliphatic heterocycles. The third-order valence-corrected chi connectivity index (χ3v) is 5.02. The third-order valence-electron chi connectivity index (χ3n) is 3.56. The molecule has 0 saturated carbocycles. The van der Waals surface area contributed by atoms with Gasteiger partial charge in [0, 0.05) is 35.4 Å². The van der Waals surface area contributed by atoms with Gasteiger partial charge in [0.1, 0.15) is 0 Å². The van der Waals surface area contributed by atoms with Crippen LogP contribution in [0.2, 0.25) is 0 Å². The van der Waals surface area contributed by atoms with Crippen LogP contribution in [-0.2, 0) is 4.74 Å². The topological polar surface area (TPSA) is 21.3 Å². The average molecular weight is 277 g/mol. The minimum atomic E-state index is 0.393. The first-order valence-electron chi connectivity index (χ1n) is 6.86. The van der Waals surface area contributed by atoms with E-state index in [-0.39, 0.29) is 0 Å². The highest BCUT2D eigenvalue weighted by Crippen LogP contribution is 2.34. The van der Waals surface area contributed by atoms with Gasteiger partial charge < -0.3 is 10.1 Å². The zero-order chi connectivity index (χ0) is 13.8. The minimum Gasteiger partial charge on any atom is -0.385 e. The van der Waals surface area contributed by atoms with Crippen LogP contribution in [0, 0.1) is 6.92 Å². The Kier molecular flexibility index (Phi) is 4.97. The van der Waals surface area contributed by atoms with Gasteiger partial charge in [-0.3, -0.25) is 0 Å². The lowest BCUT2D eigenvalue weighted by Crippen LogP contribution is -2.29. The van der Waals surface area contributed by atoms with Gasteiger partial charge in [-0.2, -0.15) is 0 Å². The predicted molar refractivity (Wildman–Crippen MR) is 84.1 cm³/mol. The number of rotatable bonds is 6. The Labute approximate surface area is 119 Å². The summed E-state index contributed by atoms with van der Waals surface area (Å²) < 4.78 is 6.52. The Balaban J connectivity index is 2.12. The molecular weight excluding hydrogens is 254 g/mol. The van der Waals surface area contributed by atoms with Gasteiger partial charge in [-0.1, -0.05) is 18.2 Å². The Morgan fingerprint density at radius 3 is 2.68 bits per heavy atom. The van der Waals surface area contributed by atoms with Crippen molar-refractivity contribution in [2.75, 3.05) is 13.7 Å². The third kappa shape index (κ3) is 3.35. The summed E-state index contributed by atoms with van der Waals surface area (Å²) in [6.45, 7) is 7.51. The summed E-state index contributed by atoms with van der Waals surface area (Å²) in [6, 6.07) is 9.51. The number of methoxy groups -OCH3 is 1. The maximum absolute atomic E-state index is 5.13. The molecule has 2 unspecified atom stereocenters. The van der Waals surface area contributed by atoms with E-state index in [1.807, 2.05) is 11.3 Å². The van der Waals surface area contributed by atoms with Crippen molar-refractivity contribution in [2.24, 2.45) is 0 Å². The van der Waals surface area contributed by atoms with Gasteiger partial charge in [0.25, 0.3) is 0 Å². The maximum atomic E-state index is 5.13. The van der Waals surface area contributed by atoms with Crippen molar-refractivity contribution in [3.63, 3.8) is 0 Å². The van der Waals surface area contributed by atoms with Crippen molar-refractivity contribution in [3.05, 3.63) is 34.7 Å². The molecule has 19 heavy (non-hydrogen) atoms. The SMILES string of the molecule is COCCC(C)NC(C)c1sc2ccccc2c1C. The molecule has 1 aromatic heterocycles. The molecule has 1 heterocycles. The van der Waals surface area contributed by atoms with E-state index in [1.165, 1.54) is 20.5 Å². The lowest BCUT2D eigenvalue weighted by Gasteiger charge is -2.19. The number of benzene rings is 1. The second kappa shape index (κ2) is 6.51. The van der Waals surface area contributed by atoms with Gasteiger partial charge in [-0.25, -0.2) is 0 Å². The molecule has 3 heteroatoms. The van der Waals surface area contributed by atoms with E-state index in [1.54, 1.807) is 7.11 Å². The number of ether oxygens (including phenoxy) is 1. The van der Waals surface area contributed by atoms with E-state index in [4.69, 9.17) is 4.74 Å². The molecular formula is C16H23NOS. The molecule has 1 N–H and O–H groups in total. The molecule has 0 fully saturated rings. The summed E-state index contributed by atoms with van der Waals surface area (Å²) in [5.41, 5.74) is 1.42. The zero-order valence-corrected chi connectivity index (χ0v) is 13.0. The number of hydrogen-bond acceptors (Lipinski definition) is 3. The molecule has 2 atom stereocenters. The molecule has 2 rings (SSSR count). The largest absolute Gasteiger partial charge is 0.385 e. The van der Waals surface area contributed by atoms with Gasteiger partial charge in [0.15, 0.2) is 0 Å². The number of thiophene rings is 1. The molecule has 0 radical (unpaired) electrons. The van der Waals surface area contributed by atoms with Crippen molar-refractivity contribution >= 4 is 21.4 Å². The molecule has 1 aromatic carbocycles. The molecule has 0 aliphatic carbocycles. The van der Waals surface area contributed by atoms with Crippen LogP contribution in [-0.4, -0.2) is 19.8 Å². The summed E-state index contributed by atoms with van der Waals surface area (Å²) in [5, 5.41) is 5.05. The number of nitrogens with one attached hydrogen (secondary N) is 1. The van der Waals surface area contributed by atoms with E-state index in [9.17, 15) is 0 Å². The molecule has 0 amide bonds. The van der Waals surface area contributed by atoms with E-state index in [0.717, 1.165) is 13.0 Å². The van der Waals surface area contributed by atoms with Gasteiger partial charge in [-0.15, -0.1) is 11.3 Å².